The van der Waals surface area contributed by atoms with Crippen molar-refractivity contribution >= 4 is 30.1 Å². The van der Waals surface area contributed by atoms with Gasteiger partial charge >= 0.3 is 24.1 Å². The van der Waals surface area contributed by atoms with Crippen LogP contribution in [0.5, 0.6) is 5.75 Å². The molecule has 386 valence electrons. The molecule has 2 saturated heterocycles. The predicted molar refractivity (Wildman–Crippen MR) is 271 cm³/mol. The first kappa shape index (κ1) is 56.2. The van der Waals surface area contributed by atoms with Gasteiger partial charge in [-0.15, -0.1) is 0 Å². The Hall–Kier alpha value is -4.76. The molecule has 2 fully saturated rings. The first-order valence-electron chi connectivity index (χ1n) is 25.1. The number of nitrogens with zero attached hydrogens (tertiary/aromatic N) is 4. The molecule has 1 atom stereocenters. The van der Waals surface area contributed by atoms with E-state index in [-0.39, 0.29) is 49.7 Å². The number of rotatable bonds is 17. The fourth-order valence-electron chi connectivity index (χ4n) is 8.89. The van der Waals surface area contributed by atoms with Crippen molar-refractivity contribution in [1.82, 2.24) is 19.6 Å². The highest BCUT2D eigenvalue weighted by atomic mass is 19.4. The highest BCUT2D eigenvalue weighted by molar-refractivity contribution is 5.79. The van der Waals surface area contributed by atoms with Crippen LogP contribution in [-0.4, -0.2) is 132 Å². The molecule has 0 N–H and O–H groups in total. The van der Waals surface area contributed by atoms with Gasteiger partial charge in [0.15, 0.2) is 0 Å². The molecule has 2 aliphatic rings. The fraction of sp³-hybridized carbons (Fsp3) is 0.589. The molecule has 2 heterocycles. The summed E-state index contributed by atoms with van der Waals surface area (Å²) in [5.74, 6) is -0.607. The van der Waals surface area contributed by atoms with Crippen LogP contribution < -0.4 is 4.74 Å². The van der Waals surface area contributed by atoms with E-state index in [2.05, 4.69) is 14.7 Å². The Morgan fingerprint density at radius 3 is 1.79 bits per heavy atom. The molecular weight excluding hydrogens is 898 g/mol. The van der Waals surface area contributed by atoms with Gasteiger partial charge in [-0.1, -0.05) is 67.1 Å². The molecule has 0 bridgehead atoms. The predicted octanol–water partition coefficient (Wildman–Crippen LogP) is 10.7. The number of benzene rings is 3. The van der Waals surface area contributed by atoms with Crippen LogP contribution in [0.3, 0.4) is 0 Å². The molecule has 70 heavy (non-hydrogen) atoms. The number of carbonyl (C=O) groups excluding carboxylic acids is 3. The number of likely N-dealkylation sites (tertiary alicyclic amines) is 1. The standard InChI is InChI=1S/C56H79F3N4O7/c1-41-42(22-19-23-46(41)43-20-13-11-14-21-43)25-26-44-37-49(45(36-47(44)56(57,58)59)38-63-28-17-15-24-48(63)52(66)70-55(8,9)10)67-35-18-12-16-27-60-29-31-61(39-50(64)68-53(2,3)4)33-34-62(32-30-60)40-51(65)69-54(5,6)7/h11,13-14,19-23,25-26,36-37,48H,12,15-18,24,27-35,38-40H2,1-10H3/b26-25+/t48-/m0/s1. The number of hydrogen-bond donors (Lipinski definition) is 0. The zero-order valence-electron chi connectivity index (χ0n) is 43.5. The zero-order valence-corrected chi connectivity index (χ0v) is 43.5. The van der Waals surface area contributed by atoms with Gasteiger partial charge in [-0.2, -0.15) is 13.2 Å². The smallest absolute Gasteiger partial charge is 0.417 e. The molecule has 0 amide bonds. The number of halogens is 3. The second-order valence-corrected chi connectivity index (χ2v) is 21.8. The van der Waals surface area contributed by atoms with Crippen LogP contribution in [0.15, 0.2) is 60.7 Å². The number of hydrogen-bond acceptors (Lipinski definition) is 11. The molecule has 0 saturated carbocycles. The van der Waals surface area contributed by atoms with Crippen LogP contribution in [0.25, 0.3) is 23.3 Å². The summed E-state index contributed by atoms with van der Waals surface area (Å²) in [6.45, 7) is 24.4. The molecule has 3 aromatic carbocycles. The molecule has 0 aromatic heterocycles. The second-order valence-electron chi connectivity index (χ2n) is 21.8. The quantitative estimate of drug-likeness (QED) is 0.0559. The van der Waals surface area contributed by atoms with Crippen LogP contribution in [0.1, 0.15) is 129 Å². The van der Waals surface area contributed by atoms with E-state index < -0.39 is 34.6 Å². The normalized spacial score (nSPS) is 17.7. The lowest BCUT2D eigenvalue weighted by Gasteiger charge is -2.36. The molecular formula is C56H79F3N4O7. The monoisotopic (exact) mass is 977 g/mol. The van der Waals surface area contributed by atoms with Gasteiger partial charge in [0.2, 0.25) is 0 Å². The minimum atomic E-state index is -4.66. The summed E-state index contributed by atoms with van der Waals surface area (Å²) >= 11 is 0. The summed E-state index contributed by atoms with van der Waals surface area (Å²) in [5.41, 5.74) is 1.46. The van der Waals surface area contributed by atoms with Gasteiger partial charge in [-0.05, 0) is 154 Å². The highest BCUT2D eigenvalue weighted by Gasteiger charge is 2.37. The van der Waals surface area contributed by atoms with E-state index in [1.165, 1.54) is 18.2 Å². The number of unbranched alkanes of at least 4 members (excludes halogenated alkanes) is 2. The van der Waals surface area contributed by atoms with Gasteiger partial charge in [-0.25, -0.2) is 0 Å². The lowest BCUT2D eigenvalue weighted by Crippen LogP contribution is -2.46. The van der Waals surface area contributed by atoms with E-state index in [0.717, 1.165) is 67.6 Å². The largest absolute Gasteiger partial charge is 0.493 e. The van der Waals surface area contributed by atoms with Crippen molar-refractivity contribution in [3.8, 4) is 16.9 Å². The minimum Gasteiger partial charge on any atom is -0.493 e. The van der Waals surface area contributed by atoms with Gasteiger partial charge in [0.25, 0.3) is 0 Å². The topological polar surface area (TPSA) is 101 Å². The summed E-state index contributed by atoms with van der Waals surface area (Å²) in [5, 5.41) is 0. The Morgan fingerprint density at radius 2 is 1.21 bits per heavy atom. The Kier molecular flexibility index (Phi) is 20.1. The Bertz CT molecular complexity index is 2170. The first-order chi connectivity index (χ1) is 32.8. The summed E-state index contributed by atoms with van der Waals surface area (Å²) < 4.78 is 68.8. The molecule has 0 aliphatic carbocycles. The Balaban J connectivity index is 1.33. The molecule has 2 aliphatic heterocycles. The lowest BCUT2D eigenvalue weighted by molar-refractivity contribution is -0.163. The summed E-state index contributed by atoms with van der Waals surface area (Å²) in [7, 11) is 0. The fourth-order valence-corrected chi connectivity index (χ4v) is 8.89. The third-order valence-corrected chi connectivity index (χ3v) is 12.2. The van der Waals surface area contributed by atoms with Crippen molar-refractivity contribution in [1.29, 1.82) is 0 Å². The van der Waals surface area contributed by atoms with Gasteiger partial charge in [0, 0.05) is 51.4 Å². The maximum absolute atomic E-state index is 15.1. The summed E-state index contributed by atoms with van der Waals surface area (Å²) in [4.78, 5) is 47.7. The second kappa shape index (κ2) is 25.1. The number of carbonyl (C=O) groups is 3. The zero-order chi connectivity index (χ0) is 51.3. The summed E-state index contributed by atoms with van der Waals surface area (Å²) in [6, 6.07) is 17.8. The van der Waals surface area contributed by atoms with E-state index >= 15 is 13.2 Å². The molecule has 5 rings (SSSR count). The average molecular weight is 977 g/mol. The Labute approximate surface area is 415 Å². The molecule has 0 spiro atoms. The number of ether oxygens (including phenoxy) is 4. The maximum Gasteiger partial charge on any atom is 0.417 e. The first-order valence-corrected chi connectivity index (χ1v) is 25.1. The minimum absolute atomic E-state index is 0.00692. The van der Waals surface area contributed by atoms with Crippen LogP contribution in [0.4, 0.5) is 13.2 Å². The van der Waals surface area contributed by atoms with Crippen molar-refractivity contribution in [3.63, 3.8) is 0 Å². The maximum atomic E-state index is 15.1. The van der Waals surface area contributed by atoms with Gasteiger partial charge in [0.1, 0.15) is 28.6 Å². The van der Waals surface area contributed by atoms with E-state index in [0.29, 0.717) is 56.9 Å². The van der Waals surface area contributed by atoms with Crippen LogP contribution >= 0.6 is 0 Å². The molecule has 14 heteroatoms. The van der Waals surface area contributed by atoms with E-state index in [9.17, 15) is 14.4 Å². The van der Waals surface area contributed by atoms with Crippen LogP contribution in [-0.2, 0) is 41.3 Å². The average Bonchev–Trinajstić information content (AvgIpc) is 3.33. The Morgan fingerprint density at radius 1 is 0.643 bits per heavy atom. The molecule has 11 nitrogen and oxygen atoms in total. The molecule has 0 unspecified atom stereocenters. The number of alkyl halides is 3. The van der Waals surface area contributed by atoms with Gasteiger partial charge < -0.3 is 23.8 Å². The molecule has 0 radical (unpaired) electrons. The third-order valence-electron chi connectivity index (χ3n) is 12.2. The van der Waals surface area contributed by atoms with Crippen molar-refractivity contribution in [3.05, 3.63) is 88.5 Å². The van der Waals surface area contributed by atoms with Crippen LogP contribution in [0.2, 0.25) is 0 Å². The van der Waals surface area contributed by atoms with Gasteiger partial charge in [-0.3, -0.25) is 29.1 Å². The SMILES string of the molecule is Cc1c(/C=C/c2cc(OCCCCCN3CCN(CC(=O)OC(C)(C)C)CCN(CC(=O)OC(C)(C)C)CC3)c(CN3CCCC[C@H]3C(=O)OC(C)(C)C)cc2C(F)(F)F)cccc1-c1ccccc1. The third kappa shape index (κ3) is 18.8. The van der Waals surface area contributed by atoms with E-state index in [1.54, 1.807) is 6.08 Å². The van der Waals surface area contributed by atoms with Crippen LogP contribution in [0, 0.1) is 6.92 Å². The number of esters is 3. The van der Waals surface area contributed by atoms with E-state index in [1.807, 2.05) is 123 Å². The molecule has 3 aromatic rings. The van der Waals surface area contributed by atoms with Crippen molar-refractivity contribution in [2.24, 2.45) is 0 Å². The summed E-state index contributed by atoms with van der Waals surface area (Å²) in [6.07, 6.45) is 3.07. The van der Waals surface area contributed by atoms with Crippen molar-refractivity contribution in [2.75, 3.05) is 72.1 Å². The highest BCUT2D eigenvalue weighted by Crippen LogP contribution is 2.39. The number of piperidine rings is 1. The van der Waals surface area contributed by atoms with Gasteiger partial charge in [0.05, 0.1) is 25.3 Å². The van der Waals surface area contributed by atoms with E-state index in [4.69, 9.17) is 18.9 Å². The van der Waals surface area contributed by atoms with Crippen molar-refractivity contribution < 1.29 is 46.5 Å². The lowest BCUT2D eigenvalue weighted by atomic mass is 9.95. The van der Waals surface area contributed by atoms with Crippen molar-refractivity contribution in [2.45, 2.75) is 143 Å².